The second-order valence-corrected chi connectivity index (χ2v) is 3.71. The summed E-state index contributed by atoms with van der Waals surface area (Å²) in [6.07, 6.45) is 1.90. The molecule has 0 atom stereocenters. The zero-order valence-corrected chi connectivity index (χ0v) is 9.81. The molecule has 1 aliphatic heterocycles. The fourth-order valence-electron chi connectivity index (χ4n) is 1.90. The van der Waals surface area contributed by atoms with E-state index in [0.29, 0.717) is 0 Å². The van der Waals surface area contributed by atoms with Crippen LogP contribution in [0.5, 0.6) is 0 Å². The predicted molar refractivity (Wildman–Crippen MR) is 63.5 cm³/mol. The van der Waals surface area contributed by atoms with E-state index in [1.165, 1.54) is 5.69 Å². The highest BCUT2D eigenvalue weighted by molar-refractivity contribution is 5.45. The summed E-state index contributed by atoms with van der Waals surface area (Å²) in [5.74, 6) is 0. The average molecular weight is 222 g/mol. The fraction of sp³-hybridized carbons (Fsp3) is 0.545. The number of hydrogen-bond acceptors (Lipinski definition) is 4. The first-order valence-electron chi connectivity index (χ1n) is 5.51. The van der Waals surface area contributed by atoms with Crippen LogP contribution in [0.1, 0.15) is 0 Å². The van der Waals surface area contributed by atoms with Crippen LogP contribution in [-0.2, 0) is 0 Å². The van der Waals surface area contributed by atoms with Gasteiger partial charge >= 0.3 is 0 Å². The monoisotopic (exact) mass is 222 g/mol. The highest BCUT2D eigenvalue weighted by atomic mass is 16.6. The largest absolute Gasteiger partial charge is 0.416 e. The number of anilines is 1. The van der Waals surface area contributed by atoms with Crippen LogP contribution in [0.4, 0.5) is 5.69 Å². The van der Waals surface area contributed by atoms with Crippen molar-refractivity contribution in [1.82, 2.24) is 10.0 Å². The lowest BCUT2D eigenvalue weighted by molar-refractivity contribution is 0.154. The molecule has 1 aromatic rings. The van der Waals surface area contributed by atoms with Crippen molar-refractivity contribution in [3.63, 3.8) is 0 Å². The number of piperazine rings is 1. The van der Waals surface area contributed by atoms with Crippen LogP contribution in [-0.4, -0.2) is 45.1 Å². The van der Waals surface area contributed by atoms with E-state index in [9.17, 15) is 0 Å². The number of hydrogen-bond donors (Lipinski definition) is 1. The fourth-order valence-corrected chi connectivity index (χ4v) is 1.90. The van der Waals surface area contributed by atoms with Crippen molar-refractivity contribution in [3.05, 3.63) is 23.8 Å². The molecular weight excluding hydrogens is 204 g/mol. The van der Waals surface area contributed by atoms with Crippen LogP contribution < -0.4 is 20.5 Å². The van der Waals surface area contributed by atoms with Gasteiger partial charge in [0.2, 0.25) is 0 Å². The molecule has 0 unspecified atom stereocenters. The van der Waals surface area contributed by atoms with Gasteiger partial charge in [-0.05, 0) is 6.07 Å². The van der Waals surface area contributed by atoms with Crippen LogP contribution in [0, 0.1) is 0 Å². The zero-order chi connectivity index (χ0) is 11.4. The molecule has 0 bridgehead atoms. The lowest BCUT2D eigenvalue weighted by Crippen LogP contribution is -2.44. The molecule has 16 heavy (non-hydrogen) atoms. The van der Waals surface area contributed by atoms with E-state index < -0.39 is 0 Å². The molecule has 1 N–H and O–H groups in total. The van der Waals surface area contributed by atoms with Crippen LogP contribution >= 0.6 is 0 Å². The van der Waals surface area contributed by atoms with Gasteiger partial charge < -0.3 is 15.1 Å². The quantitative estimate of drug-likeness (QED) is 0.732. The highest BCUT2D eigenvalue weighted by Gasteiger charge is 2.10. The molecule has 1 aromatic heterocycles. The SMILES string of the molecule is CN=c1cc(N2CCNCC2)ccn1OC. The topological polar surface area (TPSA) is 41.8 Å². The van der Waals surface area contributed by atoms with E-state index in [-0.39, 0.29) is 0 Å². The number of nitrogens with zero attached hydrogens (tertiary/aromatic N) is 3. The molecule has 0 aliphatic carbocycles. The van der Waals surface area contributed by atoms with Crippen LogP contribution in [0.15, 0.2) is 23.3 Å². The third-order valence-electron chi connectivity index (χ3n) is 2.79. The predicted octanol–water partition coefficient (Wildman–Crippen LogP) is -0.513. The maximum absolute atomic E-state index is 5.17. The Morgan fingerprint density at radius 1 is 1.38 bits per heavy atom. The molecule has 0 radical (unpaired) electrons. The second-order valence-electron chi connectivity index (χ2n) is 3.71. The molecule has 2 heterocycles. The average Bonchev–Trinajstić information content (AvgIpc) is 2.39. The maximum Gasteiger partial charge on any atom is 0.165 e. The minimum atomic E-state index is 0.832. The van der Waals surface area contributed by atoms with Crippen molar-refractivity contribution in [2.24, 2.45) is 4.99 Å². The van der Waals surface area contributed by atoms with Gasteiger partial charge in [0.25, 0.3) is 0 Å². The lowest BCUT2D eigenvalue weighted by Gasteiger charge is -2.29. The van der Waals surface area contributed by atoms with Crippen LogP contribution in [0.25, 0.3) is 0 Å². The summed E-state index contributed by atoms with van der Waals surface area (Å²) in [5.41, 5.74) is 2.04. The van der Waals surface area contributed by atoms with Crippen molar-refractivity contribution in [1.29, 1.82) is 0 Å². The Bertz CT molecular complexity index is 407. The second kappa shape index (κ2) is 5.03. The number of nitrogens with one attached hydrogen (secondary N) is 1. The van der Waals surface area contributed by atoms with Gasteiger partial charge in [-0.15, -0.1) is 0 Å². The van der Waals surface area contributed by atoms with E-state index in [1.807, 2.05) is 6.20 Å². The summed E-state index contributed by atoms with van der Waals surface area (Å²) in [5, 5.41) is 3.34. The van der Waals surface area contributed by atoms with Gasteiger partial charge in [0.1, 0.15) is 7.11 Å². The van der Waals surface area contributed by atoms with E-state index in [2.05, 4.69) is 27.3 Å². The smallest absolute Gasteiger partial charge is 0.165 e. The van der Waals surface area contributed by atoms with Gasteiger partial charge in [-0.2, -0.15) is 4.73 Å². The standard InChI is InChI=1S/C11H18N4O/c1-12-11-9-10(3-6-15(11)16-2)14-7-4-13-5-8-14/h3,6,9,13H,4-5,7-8H2,1-2H3. The first-order valence-corrected chi connectivity index (χ1v) is 5.51. The minimum absolute atomic E-state index is 0.832. The molecule has 5 heteroatoms. The van der Waals surface area contributed by atoms with Gasteiger partial charge in [0, 0.05) is 51.2 Å². The number of rotatable bonds is 2. The van der Waals surface area contributed by atoms with E-state index in [0.717, 1.165) is 31.7 Å². The molecule has 0 aromatic carbocycles. The highest BCUT2D eigenvalue weighted by Crippen LogP contribution is 2.10. The van der Waals surface area contributed by atoms with Gasteiger partial charge in [-0.25, -0.2) is 0 Å². The molecule has 2 rings (SSSR count). The van der Waals surface area contributed by atoms with Crippen LogP contribution in [0.2, 0.25) is 0 Å². The Kier molecular flexibility index (Phi) is 3.46. The zero-order valence-electron chi connectivity index (χ0n) is 9.81. The molecule has 1 aliphatic rings. The van der Waals surface area contributed by atoms with E-state index in [1.54, 1.807) is 18.9 Å². The maximum atomic E-state index is 5.17. The normalized spacial score (nSPS) is 17.6. The molecule has 5 nitrogen and oxygen atoms in total. The molecular formula is C11H18N4O. The Morgan fingerprint density at radius 2 is 2.12 bits per heavy atom. The summed E-state index contributed by atoms with van der Waals surface area (Å²) >= 11 is 0. The van der Waals surface area contributed by atoms with Crippen molar-refractivity contribution in [3.8, 4) is 0 Å². The molecule has 0 saturated carbocycles. The lowest BCUT2D eigenvalue weighted by atomic mass is 10.3. The van der Waals surface area contributed by atoms with Crippen molar-refractivity contribution in [2.45, 2.75) is 0 Å². The number of aromatic nitrogens is 1. The van der Waals surface area contributed by atoms with Gasteiger partial charge in [-0.3, -0.25) is 4.99 Å². The van der Waals surface area contributed by atoms with E-state index in [4.69, 9.17) is 4.84 Å². The molecule has 88 valence electrons. The van der Waals surface area contributed by atoms with Gasteiger partial charge in [0.05, 0.1) is 0 Å². The first kappa shape index (κ1) is 11.0. The summed E-state index contributed by atoms with van der Waals surface area (Å²) in [6, 6.07) is 4.11. The summed E-state index contributed by atoms with van der Waals surface area (Å²) in [7, 11) is 3.41. The third kappa shape index (κ3) is 2.19. The molecule has 0 spiro atoms. The van der Waals surface area contributed by atoms with Gasteiger partial charge in [0.15, 0.2) is 5.49 Å². The Morgan fingerprint density at radius 3 is 2.75 bits per heavy atom. The van der Waals surface area contributed by atoms with Crippen molar-refractivity contribution >= 4 is 5.69 Å². The van der Waals surface area contributed by atoms with Crippen molar-refractivity contribution < 1.29 is 4.84 Å². The summed E-state index contributed by atoms with van der Waals surface area (Å²) in [6.45, 7) is 4.16. The third-order valence-corrected chi connectivity index (χ3v) is 2.79. The molecule has 1 saturated heterocycles. The van der Waals surface area contributed by atoms with Crippen molar-refractivity contribution in [2.75, 3.05) is 45.2 Å². The van der Waals surface area contributed by atoms with Crippen LogP contribution in [0.3, 0.4) is 0 Å². The molecule has 1 fully saturated rings. The number of pyridine rings is 1. The molecule has 0 amide bonds. The van der Waals surface area contributed by atoms with Gasteiger partial charge in [-0.1, -0.05) is 0 Å². The Balaban J connectivity index is 2.28. The summed E-state index contributed by atoms with van der Waals surface area (Å²) < 4.78 is 1.66. The summed E-state index contributed by atoms with van der Waals surface area (Å²) in [4.78, 5) is 11.7. The Hall–Kier alpha value is -1.49. The minimum Gasteiger partial charge on any atom is -0.416 e. The first-order chi connectivity index (χ1) is 7.85. The Labute approximate surface area is 95.3 Å². The van der Waals surface area contributed by atoms with E-state index >= 15 is 0 Å².